The van der Waals surface area contributed by atoms with Gasteiger partial charge in [-0.1, -0.05) is 18.2 Å². The number of likely N-dealkylation sites (N-methyl/N-ethyl adjacent to an activating group) is 1. The van der Waals surface area contributed by atoms with Gasteiger partial charge in [-0.2, -0.15) is 0 Å². The molecule has 0 saturated heterocycles. The first kappa shape index (κ1) is 12.2. The van der Waals surface area contributed by atoms with E-state index in [1.165, 1.54) is 16.7 Å². The largest absolute Gasteiger partial charge is 0.392 e. The van der Waals surface area contributed by atoms with E-state index >= 15 is 0 Å². The molecule has 1 atom stereocenters. The molecule has 0 amide bonds. The second-order valence-corrected chi connectivity index (χ2v) is 4.46. The summed E-state index contributed by atoms with van der Waals surface area (Å²) in [6.45, 7) is 7.68. The van der Waals surface area contributed by atoms with Crippen molar-refractivity contribution >= 4 is 0 Å². The fourth-order valence-electron chi connectivity index (χ4n) is 1.73. The Morgan fingerprint density at radius 2 is 1.93 bits per heavy atom. The molecule has 1 aromatic carbocycles. The Balaban J connectivity index is 2.60. The van der Waals surface area contributed by atoms with Crippen LogP contribution in [0.5, 0.6) is 0 Å². The van der Waals surface area contributed by atoms with Crippen molar-refractivity contribution in [3.63, 3.8) is 0 Å². The minimum atomic E-state index is -0.262. The summed E-state index contributed by atoms with van der Waals surface area (Å²) < 4.78 is 0. The third-order valence-electron chi connectivity index (χ3n) is 2.60. The highest BCUT2D eigenvalue weighted by Crippen LogP contribution is 2.11. The van der Waals surface area contributed by atoms with Gasteiger partial charge in [0, 0.05) is 13.1 Å². The van der Waals surface area contributed by atoms with Crippen molar-refractivity contribution in [2.75, 3.05) is 13.6 Å². The first-order valence-electron chi connectivity index (χ1n) is 5.42. The Morgan fingerprint density at radius 1 is 1.27 bits per heavy atom. The van der Waals surface area contributed by atoms with Crippen LogP contribution in [0.25, 0.3) is 0 Å². The molecule has 1 aromatic rings. The highest BCUT2D eigenvalue weighted by Gasteiger charge is 2.04. The molecule has 0 saturated carbocycles. The van der Waals surface area contributed by atoms with Crippen molar-refractivity contribution in [2.45, 2.75) is 33.4 Å². The number of rotatable bonds is 4. The summed E-state index contributed by atoms with van der Waals surface area (Å²) in [5.41, 5.74) is 3.97. The molecule has 15 heavy (non-hydrogen) atoms. The maximum atomic E-state index is 9.26. The number of aliphatic hydroxyl groups is 1. The second kappa shape index (κ2) is 5.29. The van der Waals surface area contributed by atoms with Crippen molar-refractivity contribution in [1.82, 2.24) is 4.90 Å². The van der Waals surface area contributed by atoms with Crippen LogP contribution in [0.2, 0.25) is 0 Å². The molecule has 0 aromatic heterocycles. The Morgan fingerprint density at radius 3 is 2.47 bits per heavy atom. The van der Waals surface area contributed by atoms with Crippen LogP contribution in [-0.4, -0.2) is 29.7 Å². The molecular formula is C13H21NO. The van der Waals surface area contributed by atoms with Crippen LogP contribution in [0.1, 0.15) is 23.6 Å². The predicted octanol–water partition coefficient (Wildman–Crippen LogP) is 2.12. The van der Waals surface area contributed by atoms with Crippen LogP contribution < -0.4 is 0 Å². The number of hydrogen-bond acceptors (Lipinski definition) is 2. The Hall–Kier alpha value is -0.860. The quantitative estimate of drug-likeness (QED) is 0.817. The second-order valence-electron chi connectivity index (χ2n) is 4.46. The number of benzene rings is 1. The fraction of sp³-hybridized carbons (Fsp3) is 0.538. The summed E-state index contributed by atoms with van der Waals surface area (Å²) in [6.07, 6.45) is -0.262. The Labute approximate surface area is 92.5 Å². The molecule has 0 heterocycles. The van der Waals surface area contributed by atoms with Crippen molar-refractivity contribution in [1.29, 1.82) is 0 Å². The molecule has 0 radical (unpaired) electrons. The molecule has 0 fully saturated rings. The first-order valence-corrected chi connectivity index (χ1v) is 5.42. The summed E-state index contributed by atoms with van der Waals surface area (Å²) in [4.78, 5) is 2.13. The van der Waals surface area contributed by atoms with Gasteiger partial charge < -0.3 is 5.11 Å². The lowest BCUT2D eigenvalue weighted by molar-refractivity contribution is 0.138. The van der Waals surface area contributed by atoms with Crippen LogP contribution in [-0.2, 0) is 6.54 Å². The van der Waals surface area contributed by atoms with E-state index in [0.717, 1.165) is 6.54 Å². The molecule has 0 spiro atoms. The van der Waals surface area contributed by atoms with Crippen LogP contribution >= 0.6 is 0 Å². The highest BCUT2D eigenvalue weighted by molar-refractivity contribution is 5.29. The monoisotopic (exact) mass is 207 g/mol. The van der Waals surface area contributed by atoms with E-state index in [-0.39, 0.29) is 6.10 Å². The summed E-state index contributed by atoms with van der Waals surface area (Å²) in [5.74, 6) is 0. The van der Waals surface area contributed by atoms with Gasteiger partial charge in [-0.25, -0.2) is 0 Å². The van der Waals surface area contributed by atoms with Gasteiger partial charge in [0.25, 0.3) is 0 Å². The smallest absolute Gasteiger partial charge is 0.0639 e. The van der Waals surface area contributed by atoms with Crippen molar-refractivity contribution in [3.8, 4) is 0 Å². The number of aliphatic hydroxyl groups excluding tert-OH is 1. The third-order valence-corrected chi connectivity index (χ3v) is 2.60. The summed E-state index contributed by atoms with van der Waals surface area (Å²) >= 11 is 0. The van der Waals surface area contributed by atoms with Gasteiger partial charge >= 0.3 is 0 Å². The molecule has 84 valence electrons. The maximum Gasteiger partial charge on any atom is 0.0639 e. The van der Waals surface area contributed by atoms with E-state index in [4.69, 9.17) is 0 Å². The maximum absolute atomic E-state index is 9.26. The molecule has 0 aliphatic heterocycles. The standard InChI is InChI=1S/C13H21NO/c1-10-5-6-13(7-11(10)2)9-14(4)8-12(3)15/h5-7,12,15H,8-9H2,1-4H3. The van der Waals surface area contributed by atoms with Gasteiger partial charge in [0.15, 0.2) is 0 Å². The SMILES string of the molecule is Cc1ccc(CN(C)CC(C)O)cc1C. The molecule has 0 aliphatic rings. The van der Waals surface area contributed by atoms with E-state index < -0.39 is 0 Å². The van der Waals surface area contributed by atoms with Crippen LogP contribution in [0.3, 0.4) is 0 Å². The number of nitrogens with zero attached hydrogens (tertiary/aromatic N) is 1. The lowest BCUT2D eigenvalue weighted by Crippen LogP contribution is -2.26. The van der Waals surface area contributed by atoms with Crippen molar-refractivity contribution in [2.24, 2.45) is 0 Å². The van der Waals surface area contributed by atoms with Gasteiger partial charge in [0.1, 0.15) is 0 Å². The Bertz CT molecular complexity index is 320. The molecule has 1 unspecified atom stereocenters. The molecule has 2 nitrogen and oxygen atoms in total. The zero-order chi connectivity index (χ0) is 11.4. The average molecular weight is 207 g/mol. The summed E-state index contributed by atoms with van der Waals surface area (Å²) in [6, 6.07) is 6.52. The molecule has 0 aliphatic carbocycles. The molecule has 0 bridgehead atoms. The molecule has 1 N–H and O–H groups in total. The van der Waals surface area contributed by atoms with Crippen LogP contribution in [0.15, 0.2) is 18.2 Å². The van der Waals surface area contributed by atoms with Gasteiger partial charge in [-0.3, -0.25) is 4.90 Å². The first-order chi connectivity index (χ1) is 6.99. The van der Waals surface area contributed by atoms with Crippen LogP contribution in [0, 0.1) is 13.8 Å². The van der Waals surface area contributed by atoms with Gasteiger partial charge in [0.2, 0.25) is 0 Å². The predicted molar refractivity (Wildman–Crippen MR) is 63.9 cm³/mol. The number of aryl methyl sites for hydroxylation is 2. The van der Waals surface area contributed by atoms with Crippen molar-refractivity contribution < 1.29 is 5.11 Å². The zero-order valence-electron chi connectivity index (χ0n) is 10.1. The minimum Gasteiger partial charge on any atom is -0.392 e. The highest BCUT2D eigenvalue weighted by atomic mass is 16.3. The summed E-state index contributed by atoms with van der Waals surface area (Å²) in [5, 5.41) is 9.26. The number of hydrogen-bond donors (Lipinski definition) is 1. The minimum absolute atomic E-state index is 0.262. The van der Waals surface area contributed by atoms with E-state index in [1.54, 1.807) is 0 Å². The van der Waals surface area contributed by atoms with Gasteiger partial charge in [0.05, 0.1) is 6.10 Å². The fourth-order valence-corrected chi connectivity index (χ4v) is 1.73. The van der Waals surface area contributed by atoms with E-state index in [0.29, 0.717) is 6.54 Å². The van der Waals surface area contributed by atoms with E-state index in [9.17, 15) is 5.11 Å². The average Bonchev–Trinajstić information content (AvgIpc) is 2.10. The topological polar surface area (TPSA) is 23.5 Å². The van der Waals surface area contributed by atoms with Crippen molar-refractivity contribution in [3.05, 3.63) is 34.9 Å². The van der Waals surface area contributed by atoms with E-state index in [1.807, 2.05) is 14.0 Å². The molecule has 1 rings (SSSR count). The molecule has 2 heteroatoms. The normalized spacial score (nSPS) is 13.2. The lowest BCUT2D eigenvalue weighted by Gasteiger charge is -2.18. The lowest BCUT2D eigenvalue weighted by atomic mass is 10.1. The zero-order valence-corrected chi connectivity index (χ0v) is 10.1. The Kier molecular flexibility index (Phi) is 4.30. The van der Waals surface area contributed by atoms with Gasteiger partial charge in [-0.15, -0.1) is 0 Å². The van der Waals surface area contributed by atoms with Crippen LogP contribution in [0.4, 0.5) is 0 Å². The van der Waals surface area contributed by atoms with E-state index in [2.05, 4.69) is 36.9 Å². The molecular weight excluding hydrogens is 186 g/mol. The summed E-state index contributed by atoms with van der Waals surface area (Å²) in [7, 11) is 2.03. The third kappa shape index (κ3) is 4.02. The van der Waals surface area contributed by atoms with Gasteiger partial charge in [-0.05, 0) is 44.5 Å².